The zero-order chi connectivity index (χ0) is 26.0. The molecule has 1 fully saturated rings. The molecule has 1 saturated heterocycles. The molecule has 1 aliphatic rings. The van der Waals surface area contributed by atoms with Gasteiger partial charge in [0, 0.05) is 51.2 Å². The van der Waals surface area contributed by atoms with Crippen molar-refractivity contribution in [3.8, 4) is 11.9 Å². The number of hydrogen-bond donors (Lipinski definition) is 0. The van der Waals surface area contributed by atoms with Crippen molar-refractivity contribution >= 4 is 28.6 Å². The molecule has 10 nitrogen and oxygen atoms in total. The van der Waals surface area contributed by atoms with Crippen LogP contribution < -0.4 is 9.80 Å². The van der Waals surface area contributed by atoms with Crippen LogP contribution in [-0.2, 0) is 4.74 Å². The number of aromatic nitrogens is 4. The van der Waals surface area contributed by atoms with Crippen LogP contribution in [0.4, 0.5) is 16.3 Å². The van der Waals surface area contributed by atoms with Crippen molar-refractivity contribution in [1.82, 2.24) is 24.4 Å². The lowest BCUT2D eigenvalue weighted by Crippen LogP contribution is -2.54. The molecule has 10 heteroatoms. The van der Waals surface area contributed by atoms with Gasteiger partial charge in [0.05, 0.1) is 22.7 Å². The van der Waals surface area contributed by atoms with Gasteiger partial charge in [-0.15, -0.1) is 0 Å². The summed E-state index contributed by atoms with van der Waals surface area (Å²) in [6.07, 6.45) is 4.94. The summed E-state index contributed by atoms with van der Waals surface area (Å²) in [4.78, 5) is 32.8. The maximum Gasteiger partial charge on any atom is 0.410 e. The number of nitriles is 1. The highest BCUT2D eigenvalue weighted by Crippen LogP contribution is 2.37. The van der Waals surface area contributed by atoms with Crippen LogP contribution in [0, 0.1) is 11.3 Å². The number of hydrogen-bond acceptors (Lipinski definition) is 8. The average Bonchev–Trinajstić information content (AvgIpc) is 3.24. The second-order valence-electron chi connectivity index (χ2n) is 9.94. The topological polar surface area (TPSA) is 103 Å². The van der Waals surface area contributed by atoms with Gasteiger partial charge in [-0.3, -0.25) is 4.57 Å². The summed E-state index contributed by atoms with van der Waals surface area (Å²) in [5.41, 5.74) is 1.74. The first-order chi connectivity index (χ1) is 17.2. The standard InChI is InChI=1S/C26H34N8O2/c1-7-31(8-2)20-16-34(21-13-19(14-27)9-10-28-21)24-22(20)23(29-17-30-24)33-12-11-32(15-18(33)3)25(35)36-26(4,5)6/h9-10,13,16-18H,7-8,11-12,15H2,1-6H3. The van der Waals surface area contributed by atoms with Crippen molar-refractivity contribution in [2.24, 2.45) is 0 Å². The molecule has 36 heavy (non-hydrogen) atoms. The maximum atomic E-state index is 12.7. The summed E-state index contributed by atoms with van der Waals surface area (Å²) < 4.78 is 7.52. The summed E-state index contributed by atoms with van der Waals surface area (Å²) in [5.74, 6) is 1.46. The Labute approximate surface area is 212 Å². The second-order valence-corrected chi connectivity index (χ2v) is 9.94. The van der Waals surface area contributed by atoms with Gasteiger partial charge >= 0.3 is 6.09 Å². The van der Waals surface area contributed by atoms with Gasteiger partial charge in [-0.25, -0.2) is 19.7 Å². The van der Waals surface area contributed by atoms with Gasteiger partial charge in [0.25, 0.3) is 0 Å². The van der Waals surface area contributed by atoms with E-state index >= 15 is 0 Å². The van der Waals surface area contributed by atoms with E-state index in [-0.39, 0.29) is 12.1 Å². The minimum atomic E-state index is -0.533. The Bertz CT molecular complexity index is 1290. The predicted octanol–water partition coefficient (Wildman–Crippen LogP) is 3.98. The summed E-state index contributed by atoms with van der Waals surface area (Å²) >= 11 is 0. The minimum Gasteiger partial charge on any atom is -0.444 e. The Morgan fingerprint density at radius 2 is 1.97 bits per heavy atom. The first-order valence-corrected chi connectivity index (χ1v) is 12.4. The minimum absolute atomic E-state index is 0.0253. The molecule has 0 N–H and O–H groups in total. The zero-order valence-corrected chi connectivity index (χ0v) is 21.9. The van der Waals surface area contributed by atoms with Crippen molar-refractivity contribution in [1.29, 1.82) is 5.26 Å². The van der Waals surface area contributed by atoms with Gasteiger partial charge in [0.2, 0.25) is 0 Å². The van der Waals surface area contributed by atoms with Crippen LogP contribution in [0.15, 0.2) is 30.9 Å². The highest BCUT2D eigenvalue weighted by molar-refractivity contribution is 6.00. The van der Waals surface area contributed by atoms with Gasteiger partial charge < -0.3 is 19.4 Å². The van der Waals surface area contributed by atoms with Crippen LogP contribution in [-0.4, -0.2) is 74.9 Å². The van der Waals surface area contributed by atoms with E-state index in [4.69, 9.17) is 9.72 Å². The van der Waals surface area contributed by atoms with Gasteiger partial charge in [0.1, 0.15) is 23.6 Å². The van der Waals surface area contributed by atoms with Gasteiger partial charge in [-0.2, -0.15) is 5.26 Å². The van der Waals surface area contributed by atoms with Gasteiger partial charge in [-0.1, -0.05) is 0 Å². The molecule has 3 aromatic rings. The molecule has 1 atom stereocenters. The lowest BCUT2D eigenvalue weighted by Gasteiger charge is -2.41. The number of pyridine rings is 1. The number of amides is 1. The Balaban J connectivity index is 1.77. The number of nitrogens with zero attached hydrogens (tertiary/aromatic N) is 8. The fourth-order valence-electron chi connectivity index (χ4n) is 4.61. The fraction of sp³-hybridized carbons (Fsp3) is 0.500. The molecule has 4 rings (SSSR count). The van der Waals surface area contributed by atoms with Crippen LogP contribution in [0.25, 0.3) is 16.9 Å². The summed E-state index contributed by atoms with van der Waals surface area (Å²) in [6.45, 7) is 15.3. The fourth-order valence-corrected chi connectivity index (χ4v) is 4.61. The van der Waals surface area contributed by atoms with Crippen molar-refractivity contribution in [3.63, 3.8) is 0 Å². The molecule has 3 aromatic heterocycles. The average molecular weight is 491 g/mol. The predicted molar refractivity (Wildman–Crippen MR) is 140 cm³/mol. The highest BCUT2D eigenvalue weighted by Gasteiger charge is 2.32. The summed E-state index contributed by atoms with van der Waals surface area (Å²) in [7, 11) is 0. The highest BCUT2D eigenvalue weighted by atomic mass is 16.6. The molecule has 0 spiro atoms. The Kier molecular flexibility index (Phi) is 7.02. The molecule has 0 aliphatic carbocycles. The SMILES string of the molecule is CCN(CC)c1cn(-c2cc(C#N)ccn2)c2ncnc(N3CCN(C(=O)OC(C)(C)C)CC3C)c12. The van der Waals surface area contributed by atoms with Crippen molar-refractivity contribution in [2.75, 3.05) is 42.5 Å². The molecule has 1 aliphatic heterocycles. The number of rotatable bonds is 5. The number of ether oxygens (including phenoxy) is 1. The molecule has 0 radical (unpaired) electrons. The summed E-state index contributed by atoms with van der Waals surface area (Å²) in [5, 5.41) is 10.3. The third kappa shape index (κ3) is 4.91. The second kappa shape index (κ2) is 10.0. The van der Waals surface area contributed by atoms with E-state index in [0.717, 1.165) is 35.6 Å². The molecule has 4 heterocycles. The molecule has 1 unspecified atom stereocenters. The zero-order valence-electron chi connectivity index (χ0n) is 21.9. The van der Waals surface area contributed by atoms with E-state index in [2.05, 4.69) is 46.6 Å². The van der Waals surface area contributed by atoms with Crippen LogP contribution >= 0.6 is 0 Å². The lowest BCUT2D eigenvalue weighted by molar-refractivity contribution is 0.0218. The third-order valence-electron chi connectivity index (χ3n) is 6.32. The molecule has 190 valence electrons. The van der Waals surface area contributed by atoms with Crippen molar-refractivity contribution in [2.45, 2.75) is 53.2 Å². The van der Waals surface area contributed by atoms with Crippen LogP contribution in [0.2, 0.25) is 0 Å². The largest absolute Gasteiger partial charge is 0.444 e. The number of carbonyl (C=O) groups excluding carboxylic acids is 1. The maximum absolute atomic E-state index is 12.7. The Morgan fingerprint density at radius 3 is 2.61 bits per heavy atom. The number of piperazine rings is 1. The Morgan fingerprint density at radius 1 is 1.22 bits per heavy atom. The van der Waals surface area contributed by atoms with Gasteiger partial charge in [-0.05, 0) is 53.7 Å². The van der Waals surface area contributed by atoms with Crippen molar-refractivity contribution in [3.05, 3.63) is 36.4 Å². The van der Waals surface area contributed by atoms with Crippen LogP contribution in [0.3, 0.4) is 0 Å². The number of anilines is 2. The third-order valence-corrected chi connectivity index (χ3v) is 6.32. The molecule has 0 saturated carbocycles. The van der Waals surface area contributed by atoms with Crippen LogP contribution in [0.1, 0.15) is 47.1 Å². The number of carbonyl (C=O) groups is 1. The first kappa shape index (κ1) is 25.2. The molecule has 0 aromatic carbocycles. The van der Waals surface area contributed by atoms with E-state index in [1.807, 2.05) is 31.5 Å². The van der Waals surface area contributed by atoms with Gasteiger partial charge in [0.15, 0.2) is 5.65 Å². The normalized spacial score (nSPS) is 16.2. The molecular formula is C26H34N8O2. The Hall–Kier alpha value is -3.87. The van der Waals surface area contributed by atoms with Crippen molar-refractivity contribution < 1.29 is 9.53 Å². The first-order valence-electron chi connectivity index (χ1n) is 12.4. The number of fused-ring (bicyclic) bond motifs is 1. The molecule has 1 amide bonds. The molecular weight excluding hydrogens is 456 g/mol. The van der Waals surface area contributed by atoms with E-state index in [9.17, 15) is 10.1 Å². The van der Waals surface area contributed by atoms with E-state index in [1.165, 1.54) is 0 Å². The summed E-state index contributed by atoms with van der Waals surface area (Å²) in [6, 6.07) is 5.66. The van der Waals surface area contributed by atoms with Crippen LogP contribution in [0.5, 0.6) is 0 Å². The quantitative estimate of drug-likeness (QED) is 0.529. The lowest BCUT2D eigenvalue weighted by atomic mass is 10.1. The van der Waals surface area contributed by atoms with E-state index in [1.54, 1.807) is 29.6 Å². The van der Waals surface area contributed by atoms with E-state index < -0.39 is 5.60 Å². The van der Waals surface area contributed by atoms with E-state index in [0.29, 0.717) is 31.0 Å². The molecule has 0 bridgehead atoms. The smallest absolute Gasteiger partial charge is 0.410 e. The monoisotopic (exact) mass is 490 g/mol.